The zero-order valence-corrected chi connectivity index (χ0v) is 11.2. The van der Waals surface area contributed by atoms with Crippen LogP contribution in [0.2, 0.25) is 0 Å². The zero-order chi connectivity index (χ0) is 14.6. The Morgan fingerprint density at radius 3 is 2.00 bits per heavy atom. The van der Waals surface area contributed by atoms with Gasteiger partial charge in [-0.2, -0.15) is 0 Å². The van der Waals surface area contributed by atoms with E-state index >= 15 is 0 Å². The van der Waals surface area contributed by atoms with Crippen molar-refractivity contribution in [2.45, 2.75) is 12.5 Å². The number of rotatable bonds is 4. The molecule has 6 nitrogen and oxygen atoms in total. The third kappa shape index (κ3) is 2.53. The van der Waals surface area contributed by atoms with Crippen LogP contribution in [0.15, 0.2) is 18.2 Å². The molecule has 1 rings (SSSR count). The first-order valence-corrected chi connectivity index (χ1v) is 5.46. The average Bonchev–Trinajstić information content (AvgIpc) is 2.44. The fourth-order valence-electron chi connectivity index (χ4n) is 1.72. The lowest BCUT2D eigenvalue weighted by atomic mass is 9.92. The van der Waals surface area contributed by atoms with Gasteiger partial charge >= 0.3 is 11.9 Å². The minimum atomic E-state index is -2.49. The van der Waals surface area contributed by atoms with Gasteiger partial charge < -0.3 is 19.3 Å². The summed E-state index contributed by atoms with van der Waals surface area (Å²) in [4.78, 5) is 23.4. The molecule has 0 amide bonds. The van der Waals surface area contributed by atoms with Crippen LogP contribution in [0.25, 0.3) is 0 Å². The monoisotopic (exact) mass is 268 g/mol. The van der Waals surface area contributed by atoms with Gasteiger partial charge in [0.1, 0.15) is 5.75 Å². The van der Waals surface area contributed by atoms with Crippen molar-refractivity contribution in [3.8, 4) is 5.75 Å². The lowest BCUT2D eigenvalue weighted by Gasteiger charge is -2.23. The molecule has 0 bridgehead atoms. The van der Waals surface area contributed by atoms with Crippen LogP contribution in [0, 0.1) is 6.92 Å². The minimum absolute atomic E-state index is 0.0597. The van der Waals surface area contributed by atoms with Crippen LogP contribution >= 0.6 is 0 Å². The van der Waals surface area contributed by atoms with Crippen LogP contribution in [0.5, 0.6) is 5.75 Å². The van der Waals surface area contributed by atoms with E-state index in [1.165, 1.54) is 19.2 Å². The van der Waals surface area contributed by atoms with E-state index < -0.39 is 17.5 Å². The predicted molar refractivity (Wildman–Crippen MR) is 65.7 cm³/mol. The first-order valence-electron chi connectivity index (χ1n) is 5.46. The number of benzene rings is 1. The van der Waals surface area contributed by atoms with E-state index in [-0.39, 0.29) is 5.56 Å². The van der Waals surface area contributed by atoms with Gasteiger partial charge in [0, 0.05) is 5.56 Å². The molecule has 0 unspecified atom stereocenters. The molecule has 0 aromatic heterocycles. The number of aliphatic hydroxyl groups is 1. The number of carbonyl (C=O) groups excluding carboxylic acids is 2. The number of hydrogen-bond acceptors (Lipinski definition) is 6. The summed E-state index contributed by atoms with van der Waals surface area (Å²) in [5, 5.41) is 10.3. The molecule has 0 spiro atoms. The molecule has 0 saturated heterocycles. The maximum absolute atomic E-state index is 11.7. The molecule has 0 aliphatic carbocycles. The van der Waals surface area contributed by atoms with Crippen LogP contribution in [0.4, 0.5) is 0 Å². The first kappa shape index (κ1) is 15.0. The topological polar surface area (TPSA) is 82.1 Å². The van der Waals surface area contributed by atoms with Crippen molar-refractivity contribution in [3.05, 3.63) is 29.3 Å². The molecule has 0 heterocycles. The predicted octanol–water partition coefficient (Wildman–Crippen LogP) is 0.537. The van der Waals surface area contributed by atoms with Gasteiger partial charge in [0.2, 0.25) is 0 Å². The van der Waals surface area contributed by atoms with Crippen LogP contribution in [0.1, 0.15) is 11.1 Å². The summed E-state index contributed by atoms with van der Waals surface area (Å²) in [5.74, 6) is -1.64. The number of esters is 2. The molecule has 19 heavy (non-hydrogen) atoms. The molecule has 0 saturated carbocycles. The molecular weight excluding hydrogens is 252 g/mol. The Morgan fingerprint density at radius 2 is 1.63 bits per heavy atom. The summed E-state index contributed by atoms with van der Waals surface area (Å²) in [6.45, 7) is 1.72. The fraction of sp³-hybridized carbons (Fsp3) is 0.385. The van der Waals surface area contributed by atoms with Crippen molar-refractivity contribution in [2.75, 3.05) is 21.3 Å². The third-order valence-electron chi connectivity index (χ3n) is 2.77. The van der Waals surface area contributed by atoms with Crippen LogP contribution in [-0.4, -0.2) is 38.4 Å². The lowest BCUT2D eigenvalue weighted by Crippen LogP contribution is -2.45. The molecule has 1 aromatic rings. The van der Waals surface area contributed by atoms with Crippen LogP contribution in [0.3, 0.4) is 0 Å². The van der Waals surface area contributed by atoms with Gasteiger partial charge in [-0.15, -0.1) is 0 Å². The Balaban J connectivity index is 3.38. The third-order valence-corrected chi connectivity index (χ3v) is 2.77. The van der Waals surface area contributed by atoms with E-state index in [1.54, 1.807) is 13.0 Å². The molecule has 0 fully saturated rings. The van der Waals surface area contributed by atoms with Crippen molar-refractivity contribution in [2.24, 2.45) is 0 Å². The van der Waals surface area contributed by atoms with Gasteiger partial charge in [-0.25, -0.2) is 9.59 Å². The molecule has 0 atom stereocenters. The Kier molecular flexibility index (Phi) is 4.50. The number of methoxy groups -OCH3 is 3. The molecule has 0 aliphatic heterocycles. The van der Waals surface area contributed by atoms with Crippen LogP contribution in [-0.2, 0) is 24.7 Å². The highest BCUT2D eigenvalue weighted by Gasteiger charge is 2.48. The Labute approximate surface area is 110 Å². The summed E-state index contributed by atoms with van der Waals surface area (Å²) in [5.41, 5.74) is -1.77. The quantitative estimate of drug-likeness (QED) is 0.634. The van der Waals surface area contributed by atoms with Gasteiger partial charge in [-0.3, -0.25) is 0 Å². The largest absolute Gasteiger partial charge is 0.496 e. The fourth-order valence-corrected chi connectivity index (χ4v) is 1.72. The lowest BCUT2D eigenvalue weighted by molar-refractivity contribution is -0.181. The second kappa shape index (κ2) is 5.71. The number of aryl methyl sites for hydroxylation is 1. The standard InChI is InChI=1S/C13H16O6/c1-8-7-9(5-6-10(8)17-2)13(16,11(14)18-3)12(15)19-4/h5-7,16H,1-4H3. The molecular formula is C13H16O6. The molecule has 104 valence electrons. The normalized spacial score (nSPS) is 10.8. The van der Waals surface area contributed by atoms with Gasteiger partial charge in [0.25, 0.3) is 5.60 Å². The van der Waals surface area contributed by atoms with E-state index in [1.807, 2.05) is 0 Å². The van der Waals surface area contributed by atoms with Crippen molar-refractivity contribution in [1.82, 2.24) is 0 Å². The van der Waals surface area contributed by atoms with E-state index in [2.05, 4.69) is 9.47 Å². The van der Waals surface area contributed by atoms with E-state index in [0.29, 0.717) is 11.3 Å². The van der Waals surface area contributed by atoms with E-state index in [9.17, 15) is 14.7 Å². The zero-order valence-electron chi connectivity index (χ0n) is 11.2. The van der Waals surface area contributed by atoms with Crippen molar-refractivity contribution in [3.63, 3.8) is 0 Å². The van der Waals surface area contributed by atoms with E-state index in [0.717, 1.165) is 14.2 Å². The molecule has 0 aliphatic rings. The number of ether oxygens (including phenoxy) is 3. The summed E-state index contributed by atoms with van der Waals surface area (Å²) in [7, 11) is 3.65. The van der Waals surface area contributed by atoms with Gasteiger partial charge in [-0.05, 0) is 24.6 Å². The highest BCUT2D eigenvalue weighted by Crippen LogP contribution is 2.28. The Morgan fingerprint density at radius 1 is 1.11 bits per heavy atom. The van der Waals surface area contributed by atoms with Crippen molar-refractivity contribution in [1.29, 1.82) is 0 Å². The van der Waals surface area contributed by atoms with Gasteiger partial charge in [0.15, 0.2) is 0 Å². The highest BCUT2D eigenvalue weighted by molar-refractivity contribution is 6.04. The smallest absolute Gasteiger partial charge is 0.354 e. The second-order valence-corrected chi connectivity index (χ2v) is 3.88. The summed E-state index contributed by atoms with van der Waals surface area (Å²) in [6, 6.07) is 4.41. The molecule has 1 N–H and O–H groups in total. The highest BCUT2D eigenvalue weighted by atomic mass is 16.6. The number of hydrogen-bond donors (Lipinski definition) is 1. The van der Waals surface area contributed by atoms with Crippen LogP contribution < -0.4 is 4.74 Å². The van der Waals surface area contributed by atoms with Crippen molar-refractivity contribution < 1.29 is 28.9 Å². The maximum atomic E-state index is 11.7. The Bertz CT molecular complexity index is 478. The molecule has 0 radical (unpaired) electrons. The average molecular weight is 268 g/mol. The van der Waals surface area contributed by atoms with E-state index in [4.69, 9.17) is 4.74 Å². The molecule has 1 aromatic carbocycles. The number of carbonyl (C=O) groups is 2. The summed E-state index contributed by atoms with van der Waals surface area (Å²) < 4.78 is 14.0. The second-order valence-electron chi connectivity index (χ2n) is 3.88. The maximum Gasteiger partial charge on any atom is 0.354 e. The SMILES string of the molecule is COC(=O)C(O)(C(=O)OC)c1ccc(OC)c(C)c1. The summed E-state index contributed by atoms with van der Waals surface area (Å²) >= 11 is 0. The molecule has 6 heteroatoms. The first-order chi connectivity index (χ1) is 8.91. The Hall–Kier alpha value is -2.08. The minimum Gasteiger partial charge on any atom is -0.496 e. The summed E-state index contributed by atoms with van der Waals surface area (Å²) in [6.07, 6.45) is 0. The van der Waals surface area contributed by atoms with Crippen molar-refractivity contribution >= 4 is 11.9 Å². The van der Waals surface area contributed by atoms with Gasteiger partial charge in [0.05, 0.1) is 21.3 Å². The van der Waals surface area contributed by atoms with Gasteiger partial charge in [-0.1, -0.05) is 6.07 Å².